The fourth-order valence-corrected chi connectivity index (χ4v) is 2.65. The first-order valence-electron chi connectivity index (χ1n) is 2.29. The van der Waals surface area contributed by atoms with Crippen LogP contribution in [0.15, 0.2) is 0 Å². The molecule has 0 aliphatic heterocycles. The summed E-state index contributed by atoms with van der Waals surface area (Å²) in [6.45, 7) is 0. The van der Waals surface area contributed by atoms with E-state index in [9.17, 15) is 4.57 Å². The van der Waals surface area contributed by atoms with Crippen LogP contribution >= 0.6 is 31.3 Å². The van der Waals surface area contributed by atoms with Crippen LogP contribution in [0.5, 0.6) is 0 Å². The maximum Gasteiger partial charge on any atom is 0.471 e. The molecule has 0 spiro atoms. The smallest absolute Gasteiger partial charge is 0.303 e. The zero-order valence-corrected chi connectivity index (χ0v) is 8.08. The van der Waals surface area contributed by atoms with Crippen molar-refractivity contribution >= 4 is 31.3 Å². The molecule has 0 aliphatic rings. The van der Waals surface area contributed by atoms with Crippen LogP contribution in [0.4, 0.5) is 0 Å². The first kappa shape index (κ1) is 10.8. The summed E-state index contributed by atoms with van der Waals surface area (Å²) in [5.41, 5.74) is 0. The summed E-state index contributed by atoms with van der Waals surface area (Å²) in [7, 11) is -4.30. The van der Waals surface area contributed by atoms with Crippen LogP contribution in [0.2, 0.25) is 0 Å². The van der Waals surface area contributed by atoms with Gasteiger partial charge in [-0.3, -0.25) is 4.52 Å². The maximum atomic E-state index is 10.2. The molecule has 0 bridgehead atoms. The van der Waals surface area contributed by atoms with Crippen molar-refractivity contribution in [3.63, 3.8) is 0 Å². The number of phosphoric acid groups is 1. The second kappa shape index (κ2) is 4.64. The lowest BCUT2D eigenvalue weighted by atomic mass is 11.7. The first-order valence-corrected chi connectivity index (χ1v) is 6.39. The highest BCUT2D eigenvalue weighted by Crippen LogP contribution is 2.42. The maximum absolute atomic E-state index is 10.2. The van der Waals surface area contributed by atoms with Crippen molar-refractivity contribution in [2.24, 2.45) is 0 Å². The van der Waals surface area contributed by atoms with Crippen molar-refractivity contribution in [1.29, 1.82) is 0 Å². The van der Waals surface area contributed by atoms with E-state index in [1.54, 1.807) is 12.5 Å². The number of phosphoric ester groups is 1. The number of hydrogen-bond donors (Lipinski definition) is 2. The molecule has 2 N–H and O–H groups in total. The molecule has 7 heteroatoms. The quantitative estimate of drug-likeness (QED) is 0.528. The van der Waals surface area contributed by atoms with Gasteiger partial charge in [-0.25, -0.2) is 4.57 Å². The predicted molar refractivity (Wildman–Crippen MR) is 43.9 cm³/mol. The molecule has 0 aliphatic carbocycles. The van der Waals surface area contributed by atoms with Crippen molar-refractivity contribution in [1.82, 2.24) is 0 Å². The van der Waals surface area contributed by atoms with Crippen LogP contribution in [0.1, 0.15) is 0 Å². The second-order valence-corrected chi connectivity index (χ2v) is 4.65. The molecule has 10 heavy (non-hydrogen) atoms. The third kappa shape index (κ3) is 5.58. The van der Waals surface area contributed by atoms with E-state index in [0.29, 0.717) is 0 Å². The van der Waals surface area contributed by atoms with Crippen molar-refractivity contribution in [3.05, 3.63) is 0 Å². The van der Waals surface area contributed by atoms with Crippen LogP contribution in [0.3, 0.4) is 0 Å². The van der Waals surface area contributed by atoms with Gasteiger partial charge in [0.15, 0.2) is 4.77 Å². The zero-order chi connectivity index (χ0) is 8.20. The Morgan fingerprint density at radius 3 is 1.90 bits per heavy atom. The minimum Gasteiger partial charge on any atom is -0.303 e. The van der Waals surface area contributed by atoms with Crippen LogP contribution in [-0.2, 0) is 9.09 Å². The molecular formula is C3H9O4PS2. The first-order chi connectivity index (χ1) is 4.49. The Morgan fingerprint density at radius 2 is 1.80 bits per heavy atom. The van der Waals surface area contributed by atoms with Crippen molar-refractivity contribution in [3.8, 4) is 0 Å². The molecule has 0 unspecified atom stereocenters. The van der Waals surface area contributed by atoms with Gasteiger partial charge in [-0.15, -0.1) is 23.5 Å². The van der Waals surface area contributed by atoms with Gasteiger partial charge in [0.05, 0.1) is 0 Å². The van der Waals surface area contributed by atoms with E-state index in [1.165, 1.54) is 23.5 Å². The Balaban J connectivity index is 3.75. The monoisotopic (exact) mass is 204 g/mol. The summed E-state index contributed by atoms with van der Waals surface area (Å²) in [5.74, 6) is 0. The van der Waals surface area contributed by atoms with E-state index < -0.39 is 12.6 Å². The molecule has 0 aromatic heterocycles. The Labute approximate surface area is 68.0 Å². The Kier molecular flexibility index (Phi) is 5.02. The van der Waals surface area contributed by atoms with E-state index >= 15 is 0 Å². The van der Waals surface area contributed by atoms with Gasteiger partial charge in [0.25, 0.3) is 0 Å². The molecule has 62 valence electrons. The minimum atomic E-state index is -4.30. The molecule has 0 saturated heterocycles. The molecular weight excluding hydrogens is 195 g/mol. The minimum absolute atomic E-state index is 0.485. The average Bonchev–Trinajstić information content (AvgIpc) is 1.81. The van der Waals surface area contributed by atoms with Gasteiger partial charge in [0, 0.05) is 0 Å². The van der Waals surface area contributed by atoms with Gasteiger partial charge in [-0.2, -0.15) is 0 Å². The third-order valence-corrected chi connectivity index (χ3v) is 3.50. The standard InChI is InChI=1S/C3H9O4PS2/c1-9-3(10-2)7-8(4,5)6/h3H,1-2H3,(H2,4,5,6). The normalized spacial score (nSPS) is 12.5. The lowest BCUT2D eigenvalue weighted by molar-refractivity contribution is 0.216. The molecule has 0 atom stereocenters. The zero-order valence-electron chi connectivity index (χ0n) is 5.55. The van der Waals surface area contributed by atoms with E-state index in [4.69, 9.17) is 9.79 Å². The van der Waals surface area contributed by atoms with E-state index in [0.717, 1.165) is 0 Å². The number of rotatable bonds is 4. The molecule has 0 amide bonds. The van der Waals surface area contributed by atoms with Crippen molar-refractivity contribution in [2.45, 2.75) is 4.77 Å². The molecule has 0 radical (unpaired) electrons. The highest BCUT2D eigenvalue weighted by atomic mass is 32.2. The van der Waals surface area contributed by atoms with Crippen LogP contribution in [0, 0.1) is 0 Å². The Bertz CT molecular complexity index is 130. The molecule has 0 saturated carbocycles. The third-order valence-electron chi connectivity index (χ3n) is 0.608. The van der Waals surface area contributed by atoms with Gasteiger partial charge in [-0.1, -0.05) is 0 Å². The van der Waals surface area contributed by atoms with Crippen molar-refractivity contribution in [2.75, 3.05) is 12.5 Å². The topological polar surface area (TPSA) is 66.8 Å². The second-order valence-electron chi connectivity index (χ2n) is 1.36. The van der Waals surface area contributed by atoms with Crippen LogP contribution in [-0.4, -0.2) is 27.1 Å². The summed E-state index contributed by atoms with van der Waals surface area (Å²) in [6, 6.07) is 0. The fraction of sp³-hybridized carbons (Fsp3) is 1.00. The van der Waals surface area contributed by atoms with Gasteiger partial charge in [0.1, 0.15) is 0 Å². The summed E-state index contributed by atoms with van der Waals surface area (Å²) in [6.07, 6.45) is 3.44. The lowest BCUT2D eigenvalue weighted by Gasteiger charge is -2.12. The molecule has 0 aromatic carbocycles. The summed E-state index contributed by atoms with van der Waals surface area (Å²) >= 11 is 2.49. The molecule has 0 heterocycles. The van der Waals surface area contributed by atoms with Gasteiger partial charge in [0.2, 0.25) is 0 Å². The van der Waals surface area contributed by atoms with Gasteiger partial charge < -0.3 is 9.79 Å². The molecule has 0 aromatic rings. The Morgan fingerprint density at radius 1 is 1.40 bits per heavy atom. The van der Waals surface area contributed by atoms with Crippen LogP contribution < -0.4 is 0 Å². The highest BCUT2D eigenvalue weighted by Gasteiger charge is 2.20. The van der Waals surface area contributed by atoms with E-state index in [1.807, 2.05) is 0 Å². The predicted octanol–water partition coefficient (Wildman–Crippen LogP) is 1.11. The van der Waals surface area contributed by atoms with Gasteiger partial charge in [-0.05, 0) is 12.5 Å². The largest absolute Gasteiger partial charge is 0.471 e. The number of thioether (sulfide) groups is 2. The summed E-state index contributed by atoms with van der Waals surface area (Å²) < 4.78 is 14.0. The Hall–Kier alpha value is 0.810. The van der Waals surface area contributed by atoms with Crippen molar-refractivity contribution < 1.29 is 18.9 Å². The lowest BCUT2D eigenvalue weighted by Crippen LogP contribution is -1.99. The SMILES string of the molecule is CSC(OP(=O)(O)O)SC. The molecule has 0 fully saturated rings. The summed E-state index contributed by atoms with van der Waals surface area (Å²) in [4.78, 5) is 16.6. The van der Waals surface area contributed by atoms with Gasteiger partial charge >= 0.3 is 7.82 Å². The number of hydrogen-bond acceptors (Lipinski definition) is 4. The average molecular weight is 204 g/mol. The fourth-order valence-electron chi connectivity index (χ4n) is 0.294. The van der Waals surface area contributed by atoms with Crippen LogP contribution in [0.25, 0.3) is 0 Å². The summed E-state index contributed by atoms with van der Waals surface area (Å²) in [5, 5.41) is 0. The van der Waals surface area contributed by atoms with E-state index in [2.05, 4.69) is 4.52 Å². The van der Waals surface area contributed by atoms with E-state index in [-0.39, 0.29) is 0 Å². The molecule has 4 nitrogen and oxygen atoms in total. The molecule has 0 rings (SSSR count). The highest BCUT2D eigenvalue weighted by molar-refractivity contribution is 8.16.